The maximum atomic E-state index is 12.6. The Kier molecular flexibility index (Phi) is 8.39. The molecule has 0 saturated heterocycles. The van der Waals surface area contributed by atoms with Gasteiger partial charge in [0.15, 0.2) is 5.96 Å². The molecule has 0 aliphatic rings. The van der Waals surface area contributed by atoms with Crippen molar-refractivity contribution in [3.8, 4) is 5.75 Å². The molecule has 0 unspecified atom stereocenters. The summed E-state index contributed by atoms with van der Waals surface area (Å²) < 4.78 is 29.8. The largest absolute Gasteiger partial charge is 0.434 e. The Hall–Kier alpha value is -3.16. The quantitative estimate of drug-likeness (QED) is 0.467. The number of ether oxygens (including phenoxy) is 1. The van der Waals surface area contributed by atoms with Gasteiger partial charge in [0.25, 0.3) is 5.91 Å². The van der Waals surface area contributed by atoms with E-state index in [-0.39, 0.29) is 18.2 Å². The zero-order valence-electron chi connectivity index (χ0n) is 16.8. The highest BCUT2D eigenvalue weighted by atomic mass is 19.3. The monoisotopic (exact) mass is 404 g/mol. The van der Waals surface area contributed by atoms with Crippen molar-refractivity contribution in [3.05, 3.63) is 64.7 Å². The van der Waals surface area contributed by atoms with Crippen LogP contribution in [0.15, 0.2) is 47.5 Å². The van der Waals surface area contributed by atoms with E-state index in [1.54, 1.807) is 31.3 Å². The van der Waals surface area contributed by atoms with E-state index >= 15 is 0 Å². The molecule has 0 aliphatic heterocycles. The predicted octanol–water partition coefficient (Wildman–Crippen LogP) is 3.21. The molecule has 2 aromatic carbocycles. The summed E-state index contributed by atoms with van der Waals surface area (Å²) in [5.41, 5.74) is 3.13. The molecule has 0 aliphatic carbocycles. The fourth-order valence-corrected chi connectivity index (χ4v) is 2.68. The summed E-state index contributed by atoms with van der Waals surface area (Å²) in [6, 6.07) is 12.3. The van der Waals surface area contributed by atoms with E-state index < -0.39 is 6.61 Å². The number of carbonyl (C=O) groups excluding carboxylic acids is 1. The molecule has 156 valence electrons. The number of carbonyl (C=O) groups is 1. The van der Waals surface area contributed by atoms with E-state index in [0.717, 1.165) is 11.1 Å². The van der Waals surface area contributed by atoms with Gasteiger partial charge in [-0.3, -0.25) is 9.79 Å². The molecule has 0 spiro atoms. The number of amides is 1. The van der Waals surface area contributed by atoms with Crippen LogP contribution >= 0.6 is 0 Å². The summed E-state index contributed by atoms with van der Waals surface area (Å²) in [7, 11) is 1.63. The number of nitrogens with one attached hydrogen (secondary N) is 3. The van der Waals surface area contributed by atoms with Gasteiger partial charge in [0.1, 0.15) is 5.75 Å². The second-order valence-electron chi connectivity index (χ2n) is 6.33. The lowest BCUT2D eigenvalue weighted by atomic mass is 10.1. The molecule has 0 aromatic heterocycles. The number of aryl methyl sites for hydroxylation is 1. The van der Waals surface area contributed by atoms with Gasteiger partial charge >= 0.3 is 6.61 Å². The Morgan fingerprint density at radius 1 is 1.07 bits per heavy atom. The third-order valence-corrected chi connectivity index (χ3v) is 4.12. The predicted molar refractivity (Wildman–Crippen MR) is 109 cm³/mol. The van der Waals surface area contributed by atoms with Crippen LogP contribution in [0.4, 0.5) is 8.78 Å². The Balaban J connectivity index is 1.93. The summed E-state index contributed by atoms with van der Waals surface area (Å²) in [5.74, 6) is 0.543. The van der Waals surface area contributed by atoms with Crippen LogP contribution in [0.5, 0.6) is 5.75 Å². The zero-order valence-corrected chi connectivity index (χ0v) is 16.8. The summed E-state index contributed by atoms with van der Waals surface area (Å²) in [6.45, 7) is 2.22. The first-order valence-electron chi connectivity index (χ1n) is 9.29. The van der Waals surface area contributed by atoms with Crippen molar-refractivity contribution in [1.29, 1.82) is 0 Å². The van der Waals surface area contributed by atoms with Crippen LogP contribution in [0, 0.1) is 6.92 Å². The molecule has 3 N–H and O–H groups in total. The number of nitrogens with zero attached hydrogens (tertiary/aromatic N) is 1. The normalized spacial score (nSPS) is 11.3. The van der Waals surface area contributed by atoms with Gasteiger partial charge < -0.3 is 20.7 Å². The Morgan fingerprint density at radius 2 is 1.76 bits per heavy atom. The minimum atomic E-state index is -2.88. The second kappa shape index (κ2) is 11.0. The third kappa shape index (κ3) is 7.06. The SMILES string of the molecule is CCNC(=O)c1ccc(CNC(=NC)NCc2cc(C)ccc2OC(F)F)cc1. The van der Waals surface area contributed by atoms with Crippen molar-refractivity contribution >= 4 is 11.9 Å². The van der Waals surface area contributed by atoms with Crippen molar-refractivity contribution in [2.45, 2.75) is 33.5 Å². The van der Waals surface area contributed by atoms with Gasteiger partial charge in [-0.1, -0.05) is 29.8 Å². The Bertz CT molecular complexity index is 839. The van der Waals surface area contributed by atoms with Gasteiger partial charge in [0, 0.05) is 37.8 Å². The highest BCUT2D eigenvalue weighted by molar-refractivity contribution is 5.94. The van der Waals surface area contributed by atoms with Crippen LogP contribution in [0.1, 0.15) is 34.0 Å². The minimum absolute atomic E-state index is 0.107. The summed E-state index contributed by atoms with van der Waals surface area (Å²) in [4.78, 5) is 15.9. The highest BCUT2D eigenvalue weighted by Gasteiger charge is 2.11. The van der Waals surface area contributed by atoms with Gasteiger partial charge in [-0.2, -0.15) is 8.78 Å². The molecule has 1 amide bonds. The molecular formula is C21H26F2N4O2. The minimum Gasteiger partial charge on any atom is -0.434 e. The number of alkyl halides is 2. The average molecular weight is 404 g/mol. The van der Waals surface area contributed by atoms with E-state index in [0.29, 0.717) is 30.2 Å². The molecule has 8 heteroatoms. The van der Waals surface area contributed by atoms with Gasteiger partial charge in [-0.05, 0) is 37.6 Å². The van der Waals surface area contributed by atoms with E-state index in [9.17, 15) is 13.6 Å². The average Bonchev–Trinajstić information content (AvgIpc) is 2.70. The van der Waals surface area contributed by atoms with Crippen LogP contribution < -0.4 is 20.7 Å². The van der Waals surface area contributed by atoms with Crippen molar-refractivity contribution in [2.24, 2.45) is 4.99 Å². The Labute approximate surface area is 169 Å². The molecule has 2 aromatic rings. The van der Waals surface area contributed by atoms with Crippen molar-refractivity contribution in [3.63, 3.8) is 0 Å². The van der Waals surface area contributed by atoms with Crippen LogP contribution in [0.3, 0.4) is 0 Å². The number of benzene rings is 2. The molecule has 6 nitrogen and oxygen atoms in total. The standard InChI is InChI=1S/C21H26F2N4O2/c1-4-25-19(28)16-8-6-15(7-9-16)12-26-21(24-3)27-13-17-11-14(2)5-10-18(17)29-20(22)23/h5-11,20H,4,12-13H2,1-3H3,(H,25,28)(H2,24,26,27). The smallest absolute Gasteiger partial charge is 0.387 e. The van der Waals surface area contributed by atoms with Crippen LogP contribution in [0.25, 0.3) is 0 Å². The third-order valence-electron chi connectivity index (χ3n) is 4.12. The molecule has 2 rings (SSSR count). The number of aliphatic imine (C=N–C) groups is 1. The number of halogens is 2. The van der Waals surface area contributed by atoms with Crippen molar-refractivity contribution < 1.29 is 18.3 Å². The summed E-state index contributed by atoms with van der Waals surface area (Å²) in [6.07, 6.45) is 0. The lowest BCUT2D eigenvalue weighted by Gasteiger charge is -2.15. The van der Waals surface area contributed by atoms with E-state index in [1.165, 1.54) is 6.07 Å². The zero-order chi connectivity index (χ0) is 21.2. The van der Waals surface area contributed by atoms with Gasteiger partial charge in [0.05, 0.1) is 0 Å². The number of hydrogen-bond donors (Lipinski definition) is 3. The maximum absolute atomic E-state index is 12.6. The van der Waals surface area contributed by atoms with Gasteiger partial charge in [0.2, 0.25) is 0 Å². The molecule has 0 bridgehead atoms. The topological polar surface area (TPSA) is 74.8 Å². The molecular weight excluding hydrogens is 378 g/mol. The lowest BCUT2D eigenvalue weighted by Crippen LogP contribution is -2.36. The fourth-order valence-electron chi connectivity index (χ4n) is 2.68. The number of rotatable bonds is 8. The molecule has 0 saturated carbocycles. The molecule has 0 heterocycles. The lowest BCUT2D eigenvalue weighted by molar-refractivity contribution is -0.0504. The molecule has 0 fully saturated rings. The number of guanidine groups is 1. The second-order valence-corrected chi connectivity index (χ2v) is 6.33. The van der Waals surface area contributed by atoms with Crippen molar-refractivity contribution in [2.75, 3.05) is 13.6 Å². The van der Waals surface area contributed by atoms with Crippen LogP contribution in [-0.4, -0.2) is 32.1 Å². The van der Waals surface area contributed by atoms with Crippen LogP contribution in [-0.2, 0) is 13.1 Å². The summed E-state index contributed by atoms with van der Waals surface area (Å²) >= 11 is 0. The maximum Gasteiger partial charge on any atom is 0.387 e. The molecule has 29 heavy (non-hydrogen) atoms. The first-order valence-corrected chi connectivity index (χ1v) is 9.29. The van der Waals surface area contributed by atoms with E-state index in [1.807, 2.05) is 26.0 Å². The van der Waals surface area contributed by atoms with E-state index in [2.05, 4.69) is 25.7 Å². The van der Waals surface area contributed by atoms with Gasteiger partial charge in [-0.25, -0.2) is 0 Å². The first kappa shape index (κ1) is 22.1. The Morgan fingerprint density at radius 3 is 2.38 bits per heavy atom. The van der Waals surface area contributed by atoms with E-state index in [4.69, 9.17) is 0 Å². The van der Waals surface area contributed by atoms with Crippen molar-refractivity contribution in [1.82, 2.24) is 16.0 Å². The van der Waals surface area contributed by atoms with Crippen LogP contribution in [0.2, 0.25) is 0 Å². The fraction of sp³-hybridized carbons (Fsp3) is 0.333. The first-order chi connectivity index (χ1) is 13.9. The highest BCUT2D eigenvalue weighted by Crippen LogP contribution is 2.22. The number of hydrogen-bond acceptors (Lipinski definition) is 3. The summed E-state index contributed by atoms with van der Waals surface area (Å²) in [5, 5.41) is 9.00. The molecule has 0 radical (unpaired) electrons. The molecule has 0 atom stereocenters. The van der Waals surface area contributed by atoms with Gasteiger partial charge in [-0.15, -0.1) is 0 Å².